The van der Waals surface area contributed by atoms with Crippen LogP contribution in [0.5, 0.6) is 5.75 Å². The summed E-state index contributed by atoms with van der Waals surface area (Å²) in [6.45, 7) is -0.185. The fourth-order valence-corrected chi connectivity index (χ4v) is 3.08. The number of amides is 1. The summed E-state index contributed by atoms with van der Waals surface area (Å²) in [5.41, 5.74) is 0.510. The number of ether oxygens (including phenoxy) is 1. The van der Waals surface area contributed by atoms with Crippen LogP contribution in [0.4, 0.5) is 19.1 Å². The number of benzene rings is 1. The Morgan fingerprint density at radius 3 is 2.55 bits per heavy atom. The van der Waals surface area contributed by atoms with Crippen molar-refractivity contribution in [2.75, 3.05) is 7.11 Å². The van der Waals surface area contributed by atoms with Gasteiger partial charge in [-0.05, 0) is 35.9 Å². The van der Waals surface area contributed by atoms with Crippen molar-refractivity contribution in [1.29, 1.82) is 0 Å². The second kappa shape index (κ2) is 7.98. The van der Waals surface area contributed by atoms with E-state index in [0.29, 0.717) is 16.9 Å². The Morgan fingerprint density at radius 1 is 1.10 bits per heavy atom. The third-order valence-electron chi connectivity index (χ3n) is 4.53. The molecule has 1 aromatic carbocycles. The minimum Gasteiger partial charge on any atom is -0.490 e. The average Bonchev–Trinajstić information content (AvgIpc) is 2.74. The molecule has 1 aliphatic heterocycles. The second-order valence-electron chi connectivity index (χ2n) is 6.52. The van der Waals surface area contributed by atoms with Gasteiger partial charge in [0.05, 0.1) is 31.1 Å². The number of allylic oxidation sites excluding steroid dienone is 4. The van der Waals surface area contributed by atoms with Gasteiger partial charge < -0.3 is 9.30 Å². The Balaban J connectivity index is 1.82. The first-order valence-electron chi connectivity index (χ1n) is 8.92. The molecule has 1 aliphatic carbocycles. The molecule has 0 bridgehead atoms. The second-order valence-corrected chi connectivity index (χ2v) is 6.52. The molecule has 2 aliphatic rings. The fraction of sp³-hybridized carbons (Fsp3) is 0.0952. The summed E-state index contributed by atoms with van der Waals surface area (Å²) in [4.78, 5) is 36.1. The lowest BCUT2D eigenvalue weighted by Crippen LogP contribution is -2.18. The van der Waals surface area contributed by atoms with Crippen molar-refractivity contribution >= 4 is 23.8 Å². The van der Waals surface area contributed by atoms with E-state index in [0.717, 1.165) is 12.1 Å². The number of dihydropyridines is 1. The van der Waals surface area contributed by atoms with Crippen molar-refractivity contribution in [2.24, 2.45) is 9.98 Å². The van der Waals surface area contributed by atoms with Gasteiger partial charge in [-0.25, -0.2) is 23.2 Å². The molecule has 4 rings (SSSR count). The maximum absolute atomic E-state index is 13.6. The molecule has 0 saturated carbocycles. The van der Waals surface area contributed by atoms with Crippen molar-refractivity contribution in [2.45, 2.75) is 6.54 Å². The Morgan fingerprint density at radius 2 is 1.84 bits per heavy atom. The van der Waals surface area contributed by atoms with Crippen LogP contribution in [0.15, 0.2) is 68.6 Å². The van der Waals surface area contributed by atoms with Gasteiger partial charge in [0.2, 0.25) is 11.7 Å². The van der Waals surface area contributed by atoms with E-state index in [2.05, 4.69) is 15.0 Å². The van der Waals surface area contributed by atoms with E-state index in [1.54, 1.807) is 24.3 Å². The van der Waals surface area contributed by atoms with Crippen LogP contribution in [-0.4, -0.2) is 34.5 Å². The molecule has 0 unspecified atom stereocenters. The summed E-state index contributed by atoms with van der Waals surface area (Å²) in [5, 5.41) is 0. The topological polar surface area (TPSA) is 85.9 Å². The van der Waals surface area contributed by atoms with Crippen LogP contribution in [-0.2, 0) is 11.3 Å². The molecule has 0 saturated heterocycles. The average molecular weight is 426 g/mol. The smallest absolute Gasteiger partial charge is 0.316 e. The number of halogens is 3. The molecule has 2 aromatic rings. The van der Waals surface area contributed by atoms with Crippen molar-refractivity contribution in [1.82, 2.24) is 9.55 Å². The third-order valence-corrected chi connectivity index (χ3v) is 4.53. The molecule has 0 fully saturated rings. The van der Waals surface area contributed by atoms with Crippen LogP contribution >= 0.6 is 0 Å². The quantitative estimate of drug-likeness (QED) is 0.704. The fourth-order valence-electron chi connectivity index (χ4n) is 3.08. The molecule has 0 radical (unpaired) electrons. The van der Waals surface area contributed by atoms with Gasteiger partial charge in [-0.1, -0.05) is 6.08 Å². The predicted octanol–water partition coefficient (Wildman–Crippen LogP) is 2.82. The van der Waals surface area contributed by atoms with E-state index >= 15 is 0 Å². The molecular weight excluding hydrogens is 413 g/mol. The van der Waals surface area contributed by atoms with Crippen LogP contribution in [0, 0.1) is 17.5 Å². The molecule has 1 aromatic heterocycles. The van der Waals surface area contributed by atoms with Crippen molar-refractivity contribution < 1.29 is 22.7 Å². The molecule has 0 spiro atoms. The molecule has 0 atom stereocenters. The lowest BCUT2D eigenvalue weighted by Gasteiger charge is -2.16. The molecule has 0 N–H and O–H groups in total. The predicted molar refractivity (Wildman–Crippen MR) is 106 cm³/mol. The Hall–Kier alpha value is -4.08. The van der Waals surface area contributed by atoms with Crippen LogP contribution in [0.25, 0.3) is 0 Å². The number of hydrogen-bond donors (Lipinski definition) is 0. The molecule has 156 valence electrons. The van der Waals surface area contributed by atoms with Crippen LogP contribution < -0.4 is 10.3 Å². The molecule has 31 heavy (non-hydrogen) atoms. The number of aromatic nitrogens is 2. The first kappa shape index (κ1) is 20.2. The molecule has 1 amide bonds. The molecular formula is C21H13F3N4O3. The lowest BCUT2D eigenvalue weighted by molar-refractivity contribution is -0.114. The highest BCUT2D eigenvalue weighted by atomic mass is 19.2. The number of fused-ring (bicyclic) bond motifs is 1. The van der Waals surface area contributed by atoms with Gasteiger partial charge >= 0.3 is 5.56 Å². The first-order chi connectivity index (χ1) is 14.9. The number of rotatable bonds is 4. The van der Waals surface area contributed by atoms with Crippen molar-refractivity contribution in [3.05, 3.63) is 87.1 Å². The maximum atomic E-state index is 13.6. The zero-order valence-corrected chi connectivity index (χ0v) is 16.0. The molecule has 2 heterocycles. The van der Waals surface area contributed by atoms with E-state index < -0.39 is 28.9 Å². The van der Waals surface area contributed by atoms with Gasteiger partial charge in [0.25, 0.3) is 5.91 Å². The summed E-state index contributed by atoms with van der Waals surface area (Å²) in [6.07, 6.45) is 9.00. The number of methoxy groups -OCH3 is 1. The monoisotopic (exact) mass is 426 g/mol. The standard InChI is InChI=1S/C21H13F3N4O3/c1-31-17-10-28(9-11-7-14(22)18(24)15(23)8-11)21(27-20(17)30)26-16-4-2-3-13-12(16)5-6-25-19(13)29/h2-8,10H,9H2,1H3/b26-16+. The van der Waals surface area contributed by atoms with E-state index in [1.165, 1.54) is 24.1 Å². The lowest BCUT2D eigenvalue weighted by atomic mass is 9.94. The SMILES string of the molecule is COc1cn(Cc2cc(F)c(F)c(F)c2)c(/N=C2\C=CC=C3C(=O)N=CC=C32)nc1=O. The Bertz CT molecular complexity index is 1300. The zero-order chi connectivity index (χ0) is 22.1. The summed E-state index contributed by atoms with van der Waals surface area (Å²) in [5.74, 6) is -4.94. The van der Waals surface area contributed by atoms with Crippen LogP contribution in [0.1, 0.15) is 5.56 Å². The first-order valence-corrected chi connectivity index (χ1v) is 8.92. The number of nitrogens with zero attached hydrogens (tertiary/aromatic N) is 4. The van der Waals surface area contributed by atoms with Gasteiger partial charge in [-0.2, -0.15) is 4.98 Å². The summed E-state index contributed by atoms with van der Waals surface area (Å²) < 4.78 is 46.9. The zero-order valence-electron chi connectivity index (χ0n) is 16.0. The number of hydrogen-bond acceptors (Lipinski definition) is 5. The highest BCUT2D eigenvalue weighted by Crippen LogP contribution is 2.24. The minimum atomic E-state index is -1.58. The van der Waals surface area contributed by atoms with E-state index in [1.807, 2.05) is 0 Å². The minimum absolute atomic E-state index is 0.0734. The van der Waals surface area contributed by atoms with E-state index in [-0.39, 0.29) is 23.8 Å². The van der Waals surface area contributed by atoms with Gasteiger partial charge in [0.1, 0.15) is 0 Å². The van der Waals surface area contributed by atoms with Crippen molar-refractivity contribution in [3.63, 3.8) is 0 Å². The van der Waals surface area contributed by atoms with Gasteiger partial charge in [-0.3, -0.25) is 9.59 Å². The summed E-state index contributed by atoms with van der Waals surface area (Å²) in [6, 6.07) is 1.67. The van der Waals surface area contributed by atoms with Gasteiger partial charge in [-0.15, -0.1) is 0 Å². The Kier molecular flexibility index (Phi) is 5.20. The van der Waals surface area contributed by atoms with Gasteiger partial charge in [0, 0.05) is 11.8 Å². The molecule has 10 heteroatoms. The van der Waals surface area contributed by atoms with Crippen LogP contribution in [0.3, 0.4) is 0 Å². The Labute approximate surface area is 173 Å². The van der Waals surface area contributed by atoms with Gasteiger partial charge in [0.15, 0.2) is 17.5 Å². The number of carbonyl (C=O) groups excluding carboxylic acids is 1. The highest BCUT2D eigenvalue weighted by Gasteiger charge is 2.22. The largest absolute Gasteiger partial charge is 0.490 e. The van der Waals surface area contributed by atoms with E-state index in [9.17, 15) is 22.8 Å². The van der Waals surface area contributed by atoms with Crippen molar-refractivity contribution in [3.8, 4) is 5.75 Å². The summed E-state index contributed by atoms with van der Waals surface area (Å²) in [7, 11) is 1.27. The third kappa shape index (κ3) is 3.87. The maximum Gasteiger partial charge on any atom is 0.316 e. The normalized spacial score (nSPS) is 16.3. The van der Waals surface area contributed by atoms with E-state index in [4.69, 9.17) is 4.74 Å². The number of carbonyl (C=O) groups is 1. The summed E-state index contributed by atoms with van der Waals surface area (Å²) >= 11 is 0. The highest BCUT2D eigenvalue weighted by molar-refractivity contribution is 6.24. The number of aliphatic imine (C=N–C) groups is 2. The van der Waals surface area contributed by atoms with Crippen LogP contribution in [0.2, 0.25) is 0 Å². The molecule has 7 nitrogen and oxygen atoms in total.